The first-order valence-electron chi connectivity index (χ1n) is 7.02. The number of allylic oxidation sites excluding steroid dienone is 1. The Labute approximate surface area is 143 Å². The van der Waals surface area contributed by atoms with Crippen LogP contribution in [0.5, 0.6) is 0 Å². The van der Waals surface area contributed by atoms with Gasteiger partial charge in [-0.1, -0.05) is 35.3 Å². The predicted molar refractivity (Wildman–Crippen MR) is 93.1 cm³/mol. The average molecular weight is 343 g/mol. The Bertz CT molecular complexity index is 931. The average Bonchev–Trinajstić information content (AvgIpc) is 2.93. The maximum Gasteiger partial charge on any atom is 0.151 e. The molecule has 3 rings (SSSR count). The number of hydrogen-bond acceptors (Lipinski definition) is 3. The van der Waals surface area contributed by atoms with Crippen molar-refractivity contribution >= 4 is 45.9 Å². The third kappa shape index (κ3) is 2.81. The number of rotatable bonds is 3. The third-order valence-electron chi connectivity index (χ3n) is 3.51. The number of nitrogens with zero attached hydrogens (tertiary/aromatic N) is 4. The van der Waals surface area contributed by atoms with Crippen molar-refractivity contribution in [3.05, 3.63) is 58.1 Å². The molecule has 6 heteroatoms. The van der Waals surface area contributed by atoms with Gasteiger partial charge in [-0.3, -0.25) is 4.98 Å². The molecule has 0 fully saturated rings. The summed E-state index contributed by atoms with van der Waals surface area (Å²) < 4.78 is 1.99. The van der Waals surface area contributed by atoms with Gasteiger partial charge in [0.2, 0.25) is 0 Å². The number of aryl methyl sites for hydroxylation is 1. The number of benzene rings is 1. The summed E-state index contributed by atoms with van der Waals surface area (Å²) in [4.78, 5) is 8.50. The van der Waals surface area contributed by atoms with E-state index < -0.39 is 0 Å². The normalized spacial score (nSPS) is 11.7. The quantitative estimate of drug-likeness (QED) is 0.641. The molecule has 3 aromatic rings. The summed E-state index contributed by atoms with van der Waals surface area (Å²) in [5, 5.41) is 10.4. The summed E-state index contributed by atoms with van der Waals surface area (Å²) >= 11 is 12.3. The highest BCUT2D eigenvalue weighted by Crippen LogP contribution is 2.29. The molecule has 2 aromatic heterocycles. The van der Waals surface area contributed by atoms with E-state index >= 15 is 0 Å². The first kappa shape index (κ1) is 15.5. The second-order valence-electron chi connectivity index (χ2n) is 4.86. The van der Waals surface area contributed by atoms with Gasteiger partial charge >= 0.3 is 0 Å². The monoisotopic (exact) mass is 342 g/mol. The molecule has 4 nitrogen and oxygen atoms in total. The molecule has 0 radical (unpaired) electrons. The second-order valence-corrected chi connectivity index (χ2v) is 5.67. The highest BCUT2D eigenvalue weighted by molar-refractivity contribution is 6.37. The molecule has 0 spiro atoms. The van der Waals surface area contributed by atoms with Gasteiger partial charge in [0.25, 0.3) is 0 Å². The van der Waals surface area contributed by atoms with Gasteiger partial charge < -0.3 is 4.57 Å². The lowest BCUT2D eigenvalue weighted by Gasteiger charge is -2.06. The van der Waals surface area contributed by atoms with Crippen LogP contribution < -0.4 is 0 Å². The number of imidazole rings is 1. The van der Waals surface area contributed by atoms with Gasteiger partial charge in [0.1, 0.15) is 6.07 Å². The molecule has 1 aromatic carbocycles. The molecule has 0 amide bonds. The Morgan fingerprint density at radius 2 is 1.96 bits per heavy atom. The predicted octanol–water partition coefficient (Wildman–Crippen LogP) is 4.82. The van der Waals surface area contributed by atoms with E-state index in [4.69, 9.17) is 23.2 Å². The highest BCUT2D eigenvalue weighted by Gasteiger charge is 2.15. The molecule has 0 aliphatic rings. The van der Waals surface area contributed by atoms with E-state index in [0.29, 0.717) is 33.6 Å². The molecule has 114 valence electrons. The fraction of sp³-hybridized carbons (Fsp3) is 0.118. The van der Waals surface area contributed by atoms with Crippen LogP contribution in [0.3, 0.4) is 0 Å². The van der Waals surface area contributed by atoms with Crippen LogP contribution in [0.2, 0.25) is 10.0 Å². The summed E-state index contributed by atoms with van der Waals surface area (Å²) in [6.45, 7) is 2.71. The van der Waals surface area contributed by atoms with Crippen LogP contribution in [0.25, 0.3) is 22.7 Å². The van der Waals surface area contributed by atoms with E-state index in [1.807, 2.05) is 35.8 Å². The van der Waals surface area contributed by atoms with Gasteiger partial charge in [0, 0.05) is 24.5 Å². The molecule has 0 unspecified atom stereocenters. The zero-order valence-electron chi connectivity index (χ0n) is 12.3. The summed E-state index contributed by atoms with van der Waals surface area (Å²) in [6.07, 6.45) is 4.65. The first-order chi connectivity index (χ1) is 11.2. The molecular formula is C17H12Cl2N4. The molecule has 23 heavy (non-hydrogen) atoms. The topological polar surface area (TPSA) is 54.5 Å². The number of nitriles is 1. The fourth-order valence-corrected chi connectivity index (χ4v) is 2.93. The van der Waals surface area contributed by atoms with Crippen LogP contribution in [0, 0.1) is 11.3 Å². The van der Waals surface area contributed by atoms with Crippen molar-refractivity contribution in [2.24, 2.45) is 0 Å². The molecule has 0 saturated carbocycles. The van der Waals surface area contributed by atoms with E-state index in [1.165, 1.54) is 12.4 Å². The third-order valence-corrected chi connectivity index (χ3v) is 4.11. The first-order valence-corrected chi connectivity index (χ1v) is 7.77. The van der Waals surface area contributed by atoms with Gasteiger partial charge in [0.05, 0.1) is 26.7 Å². The Balaban J connectivity index is 2.23. The Morgan fingerprint density at radius 1 is 1.26 bits per heavy atom. The summed E-state index contributed by atoms with van der Waals surface area (Å²) in [6, 6.07) is 9.98. The fourth-order valence-electron chi connectivity index (χ4n) is 2.45. The molecule has 0 N–H and O–H groups in total. The van der Waals surface area contributed by atoms with Crippen molar-refractivity contribution in [2.45, 2.75) is 13.5 Å². The minimum Gasteiger partial charge on any atom is -0.324 e. The largest absolute Gasteiger partial charge is 0.324 e. The Morgan fingerprint density at radius 3 is 2.61 bits per heavy atom. The van der Waals surface area contributed by atoms with E-state index in [-0.39, 0.29) is 0 Å². The molecule has 0 saturated heterocycles. The minimum atomic E-state index is 0.393. The maximum atomic E-state index is 9.59. The SMILES string of the molecule is CCn1c(/C(C#N)=C/c2c(Cl)cncc2Cl)nc2ccccc21. The molecule has 0 aliphatic carbocycles. The van der Waals surface area contributed by atoms with E-state index in [0.717, 1.165) is 11.0 Å². The molecule has 0 bridgehead atoms. The molecular weight excluding hydrogens is 331 g/mol. The van der Waals surface area contributed by atoms with Crippen molar-refractivity contribution < 1.29 is 0 Å². The van der Waals surface area contributed by atoms with E-state index in [1.54, 1.807) is 6.08 Å². The van der Waals surface area contributed by atoms with Crippen LogP contribution in [0.1, 0.15) is 18.3 Å². The van der Waals surface area contributed by atoms with Crippen LogP contribution in [0.15, 0.2) is 36.7 Å². The lowest BCUT2D eigenvalue weighted by Crippen LogP contribution is -2.00. The van der Waals surface area contributed by atoms with Crippen molar-refractivity contribution in [2.75, 3.05) is 0 Å². The standard InChI is InChI=1S/C17H12Cl2N4/c1-2-23-16-6-4-3-5-15(16)22-17(23)11(8-20)7-12-13(18)9-21-10-14(12)19/h3-7,9-10H,2H2,1H3/b11-7+. The number of hydrogen-bond donors (Lipinski definition) is 0. The lowest BCUT2D eigenvalue weighted by atomic mass is 10.1. The van der Waals surface area contributed by atoms with E-state index in [9.17, 15) is 5.26 Å². The summed E-state index contributed by atoms with van der Waals surface area (Å²) in [5.74, 6) is 0.597. The Hall–Kier alpha value is -2.35. The number of aromatic nitrogens is 3. The zero-order valence-corrected chi connectivity index (χ0v) is 13.8. The van der Waals surface area contributed by atoms with Crippen LogP contribution in [0.4, 0.5) is 0 Å². The number of para-hydroxylation sites is 2. The summed E-state index contributed by atoms with van der Waals surface area (Å²) in [5.41, 5.74) is 2.79. The molecule has 0 aliphatic heterocycles. The van der Waals surface area contributed by atoms with Crippen molar-refractivity contribution in [1.82, 2.24) is 14.5 Å². The van der Waals surface area contributed by atoms with Gasteiger partial charge in [-0.05, 0) is 25.1 Å². The number of fused-ring (bicyclic) bond motifs is 1. The van der Waals surface area contributed by atoms with E-state index in [2.05, 4.69) is 16.0 Å². The second kappa shape index (κ2) is 6.41. The van der Waals surface area contributed by atoms with Crippen LogP contribution in [-0.2, 0) is 6.54 Å². The van der Waals surface area contributed by atoms with Crippen molar-refractivity contribution in [3.63, 3.8) is 0 Å². The van der Waals surface area contributed by atoms with Crippen molar-refractivity contribution in [1.29, 1.82) is 5.26 Å². The summed E-state index contributed by atoms with van der Waals surface area (Å²) in [7, 11) is 0. The molecule has 0 atom stereocenters. The van der Waals surface area contributed by atoms with Gasteiger partial charge in [-0.15, -0.1) is 0 Å². The highest BCUT2D eigenvalue weighted by atomic mass is 35.5. The van der Waals surface area contributed by atoms with Gasteiger partial charge in [-0.25, -0.2) is 4.98 Å². The Kier molecular flexibility index (Phi) is 4.33. The number of halogens is 2. The maximum absolute atomic E-state index is 9.59. The zero-order chi connectivity index (χ0) is 16.4. The lowest BCUT2D eigenvalue weighted by molar-refractivity contribution is 0.775. The smallest absolute Gasteiger partial charge is 0.151 e. The number of pyridine rings is 1. The molecule has 2 heterocycles. The van der Waals surface area contributed by atoms with Crippen molar-refractivity contribution in [3.8, 4) is 6.07 Å². The van der Waals surface area contributed by atoms with Crippen LogP contribution in [-0.4, -0.2) is 14.5 Å². The van der Waals surface area contributed by atoms with Gasteiger partial charge in [-0.2, -0.15) is 5.26 Å². The van der Waals surface area contributed by atoms with Gasteiger partial charge in [0.15, 0.2) is 5.82 Å². The minimum absolute atomic E-state index is 0.393. The van der Waals surface area contributed by atoms with Crippen LogP contribution >= 0.6 is 23.2 Å².